The van der Waals surface area contributed by atoms with Crippen LogP contribution in [-0.4, -0.2) is 64.4 Å². The molecule has 0 spiro atoms. The van der Waals surface area contributed by atoms with Gasteiger partial charge in [-0.2, -0.15) is 0 Å². The van der Waals surface area contributed by atoms with Crippen LogP contribution in [0.25, 0.3) is 0 Å². The van der Waals surface area contributed by atoms with Gasteiger partial charge in [-0.1, -0.05) is 158 Å². The first-order valence-corrected chi connectivity index (χ1v) is 24.9. The number of hydrogen-bond acceptors (Lipinski definition) is 4. The summed E-state index contributed by atoms with van der Waals surface area (Å²) < 4.78 is 84.7. The third kappa shape index (κ3) is 56.6. The fraction of sp³-hybridized carbons (Fsp3) is 0.926. The number of sulfonamides is 1. The Hall–Kier alpha value is 0.0432. The summed E-state index contributed by atoms with van der Waals surface area (Å²) in [5.74, 6) is -1.52. The Morgan fingerprint density at radius 1 is 0.667 bits per heavy atom. The summed E-state index contributed by atoms with van der Waals surface area (Å²) in [4.78, 5) is 0. The molecular formula is C54H119BF4NO4SW. The van der Waals surface area contributed by atoms with Crippen LogP contribution in [-0.2, 0) is 40.6 Å². The molecule has 2 rings (SSSR count). The van der Waals surface area contributed by atoms with Crippen LogP contribution < -0.4 is 4.72 Å². The molecule has 0 aromatic heterocycles. The van der Waals surface area contributed by atoms with Crippen molar-refractivity contribution in [3.05, 3.63) is 27.0 Å². The quantitative estimate of drug-likeness (QED) is 0.0815. The van der Waals surface area contributed by atoms with Crippen molar-refractivity contribution < 1.29 is 56.5 Å². The Bertz CT molecular complexity index is 1090. The van der Waals surface area contributed by atoms with E-state index in [4.69, 9.17) is 9.47 Å². The van der Waals surface area contributed by atoms with Crippen LogP contribution in [0.5, 0.6) is 0 Å². The molecule has 0 unspecified atom stereocenters. The summed E-state index contributed by atoms with van der Waals surface area (Å²) in [6, 6.07) is 0.0115. The summed E-state index contributed by atoms with van der Waals surface area (Å²) >= 11 is 0. The second-order valence-corrected chi connectivity index (χ2v) is 23.9. The van der Waals surface area contributed by atoms with Gasteiger partial charge in [0.05, 0.1) is 29.2 Å². The molecule has 0 amide bonds. The zero-order valence-electron chi connectivity index (χ0n) is 47.2. The predicted octanol–water partition coefficient (Wildman–Crippen LogP) is 18.4. The normalized spacial score (nSPS) is 16.1. The first kappa shape index (κ1) is 92.2. The number of halogens is 4. The van der Waals surface area contributed by atoms with Crippen molar-refractivity contribution in [3.63, 3.8) is 0 Å². The van der Waals surface area contributed by atoms with Crippen molar-refractivity contribution in [3.8, 4) is 0 Å². The maximum absolute atomic E-state index is 12.9. The van der Waals surface area contributed by atoms with E-state index in [0.717, 1.165) is 50.0 Å². The minimum absolute atomic E-state index is 0. The van der Waals surface area contributed by atoms with Crippen molar-refractivity contribution >= 4 is 18.4 Å². The molecule has 2 aliphatic carbocycles. The van der Waals surface area contributed by atoms with Gasteiger partial charge in [0.15, 0.2) is 0 Å². The number of allylic oxidation sites excluding steroid dienone is 2. The average molecular weight is 1150 g/mol. The van der Waals surface area contributed by atoms with E-state index in [9.17, 15) is 26.0 Å². The van der Waals surface area contributed by atoms with E-state index in [2.05, 4.69) is 116 Å². The molecule has 0 aromatic rings. The molecule has 407 valence electrons. The van der Waals surface area contributed by atoms with Gasteiger partial charge in [-0.25, -0.2) is 30.7 Å². The summed E-state index contributed by atoms with van der Waals surface area (Å²) in [5.41, 5.74) is 0.875. The maximum Gasteiger partial charge on any atom is 2.00 e. The summed E-state index contributed by atoms with van der Waals surface area (Å²) in [7, 11) is -3.04. The van der Waals surface area contributed by atoms with E-state index in [1.54, 1.807) is 13.0 Å². The van der Waals surface area contributed by atoms with Crippen LogP contribution >= 0.6 is 0 Å². The van der Waals surface area contributed by atoms with E-state index in [0.29, 0.717) is 41.2 Å². The molecule has 2 aliphatic rings. The zero-order chi connectivity index (χ0) is 49.0. The minimum Gasteiger partial charge on any atom is -0.373 e. The standard InChI is InChI=1S/C11H22O2.C10H18F2.C8H18.C7H15NO2S.2C5H12.C4H8F2.2CH4.2CH3.B.W/c1-8(2)12-10-6-5-7-11(10)13-9(3)4;1-8(2)6-5-7-10(11,12)9(3)4;1-7(2,3)8(4,5)6;1-6(2)8-11(9,10)7(3)4-5-7;2*1-4-5(2)3;1-3(2)4(5)6;;;;;;/h8-11H,5-7H2,1-4H3;5,7-9H,6H2,1-4H3;1-6H3;6,8H,4-5H2,1-3H3;2*5H,4H2,1-3H3;3-4H,1-2H3;2*1H4;2*1H3;;/q;;;;;;;;;2*-1;;+2/b;7-5+;;;;;;;;;;;/t10-,11-;;;;;;;;;;;;/m1............/s1. The Morgan fingerprint density at radius 2 is 0.955 bits per heavy atom. The average Bonchev–Trinajstić information content (AvgIpc) is 3.69. The third-order valence-electron chi connectivity index (χ3n) is 10.4. The van der Waals surface area contributed by atoms with Gasteiger partial charge in [0.2, 0.25) is 16.4 Å². The molecule has 2 saturated carbocycles. The molecular weight excluding hydrogens is 1030 g/mol. The number of ether oxygens (including phenoxy) is 2. The van der Waals surface area contributed by atoms with Crippen LogP contribution in [0.3, 0.4) is 0 Å². The molecule has 2 fully saturated rings. The van der Waals surface area contributed by atoms with Gasteiger partial charge < -0.3 is 24.3 Å². The SMILES string of the molecule is C.C.CC(C)(C)C(C)(C)C.CC(C)C(F)F.CC(C)C/C=C/C(F)(F)C(C)C.CC(C)NS(=O)(=O)C1(C)CC1.CC(C)O[C@@H]1CCC[C@H]1OC(C)C.CCC(C)C.CCC(C)C.[B].[CH3-].[CH3-].[W+2]. The van der Waals surface area contributed by atoms with Gasteiger partial charge in [-0.3, -0.25) is 0 Å². The van der Waals surface area contributed by atoms with Crippen molar-refractivity contribution in [2.75, 3.05) is 0 Å². The van der Waals surface area contributed by atoms with Crippen LogP contribution in [0.2, 0.25) is 0 Å². The molecule has 0 bridgehead atoms. The maximum atomic E-state index is 12.9. The summed E-state index contributed by atoms with van der Waals surface area (Å²) in [6.45, 7) is 50.8. The van der Waals surface area contributed by atoms with Crippen molar-refractivity contribution in [1.29, 1.82) is 0 Å². The van der Waals surface area contributed by atoms with Gasteiger partial charge >= 0.3 is 21.1 Å². The molecule has 1 N–H and O–H groups in total. The van der Waals surface area contributed by atoms with Gasteiger partial charge in [-0.15, -0.1) is 0 Å². The molecule has 12 heteroatoms. The fourth-order valence-electron chi connectivity index (χ4n) is 3.49. The van der Waals surface area contributed by atoms with Crippen LogP contribution in [0.15, 0.2) is 12.2 Å². The predicted molar refractivity (Wildman–Crippen MR) is 289 cm³/mol. The van der Waals surface area contributed by atoms with Crippen LogP contribution in [0.1, 0.15) is 239 Å². The van der Waals surface area contributed by atoms with Gasteiger partial charge in [0.1, 0.15) is 0 Å². The van der Waals surface area contributed by atoms with Gasteiger partial charge in [0.25, 0.3) is 5.92 Å². The van der Waals surface area contributed by atoms with Gasteiger partial charge in [-0.05, 0) is 122 Å². The number of alkyl halides is 4. The molecule has 0 aliphatic heterocycles. The smallest absolute Gasteiger partial charge is 0.373 e. The van der Waals surface area contributed by atoms with Crippen molar-refractivity contribution in [2.24, 2.45) is 40.4 Å². The van der Waals surface area contributed by atoms with Crippen LogP contribution in [0.4, 0.5) is 17.6 Å². The number of nitrogens with one attached hydrogen (secondary N) is 1. The monoisotopic (exact) mass is 1150 g/mol. The Labute approximate surface area is 431 Å². The molecule has 5 nitrogen and oxygen atoms in total. The molecule has 2 atom stereocenters. The van der Waals surface area contributed by atoms with E-state index in [1.165, 1.54) is 47.0 Å². The second-order valence-electron chi connectivity index (χ2n) is 21.6. The van der Waals surface area contributed by atoms with Gasteiger partial charge in [0, 0.05) is 26.3 Å². The molecule has 0 saturated heterocycles. The summed E-state index contributed by atoms with van der Waals surface area (Å²) in [5, 5.41) is 0. The Morgan fingerprint density at radius 3 is 1.12 bits per heavy atom. The Balaban J connectivity index is -0.0000000601. The van der Waals surface area contributed by atoms with Crippen molar-refractivity contribution in [2.45, 2.75) is 287 Å². The zero-order valence-corrected chi connectivity index (χ0v) is 51.0. The van der Waals surface area contributed by atoms with E-state index in [1.807, 2.05) is 27.7 Å². The Kier molecular flexibility index (Phi) is 64.5. The molecule has 66 heavy (non-hydrogen) atoms. The van der Waals surface area contributed by atoms with E-state index in [-0.39, 0.29) is 65.2 Å². The molecule has 3 radical (unpaired) electrons. The third-order valence-corrected chi connectivity index (χ3v) is 12.9. The first-order valence-electron chi connectivity index (χ1n) is 23.4. The van der Waals surface area contributed by atoms with E-state index >= 15 is 0 Å². The molecule has 0 aromatic carbocycles. The van der Waals surface area contributed by atoms with E-state index < -0.39 is 39.0 Å². The fourth-order valence-corrected chi connectivity index (χ4v) is 5.03. The molecule has 0 heterocycles. The van der Waals surface area contributed by atoms with Crippen molar-refractivity contribution in [1.82, 2.24) is 4.72 Å². The number of hydrogen-bond donors (Lipinski definition) is 1. The first-order chi connectivity index (χ1) is 26.8. The number of rotatable bonds is 14. The second kappa shape index (κ2) is 46.1. The minimum atomic E-state index is -3.04. The summed E-state index contributed by atoms with van der Waals surface area (Å²) in [6.07, 6.45) is 10.3. The van der Waals surface area contributed by atoms with Crippen LogP contribution in [0, 0.1) is 55.3 Å². The largest absolute Gasteiger partial charge is 2.00 e. The topological polar surface area (TPSA) is 64.6 Å².